The molecular weight excluding hydrogens is 404 g/mol. The maximum atomic E-state index is 13.3. The summed E-state index contributed by atoms with van der Waals surface area (Å²) in [5, 5.41) is 4.18. The molecule has 5 nitrogen and oxygen atoms in total. The second-order valence-corrected chi connectivity index (χ2v) is 11.0. The van der Waals surface area contributed by atoms with Crippen molar-refractivity contribution in [3.8, 4) is 0 Å². The lowest BCUT2D eigenvalue weighted by atomic mass is 9.69. The minimum Gasteiger partial charge on any atom is -0.383 e. The van der Waals surface area contributed by atoms with Gasteiger partial charge in [-0.05, 0) is 36.7 Å². The number of anilines is 2. The second-order valence-electron chi connectivity index (χ2n) is 9.99. The fourth-order valence-electron chi connectivity index (χ4n) is 4.46. The molecule has 4 rings (SSSR count). The number of carbonyl (C=O) groups is 1. The molecule has 31 heavy (non-hydrogen) atoms. The molecule has 0 bridgehead atoms. The van der Waals surface area contributed by atoms with Gasteiger partial charge in [-0.25, -0.2) is 9.97 Å². The quantitative estimate of drug-likeness (QED) is 0.462. The van der Waals surface area contributed by atoms with Crippen LogP contribution < -0.4 is 11.1 Å². The number of nitrogen functional groups attached to an aromatic ring is 1. The van der Waals surface area contributed by atoms with Crippen LogP contribution in [0.5, 0.6) is 0 Å². The van der Waals surface area contributed by atoms with E-state index in [0.717, 1.165) is 46.8 Å². The number of nitrogens with two attached hydrogens (primary N) is 1. The first-order valence-electron chi connectivity index (χ1n) is 11.0. The zero-order valence-corrected chi connectivity index (χ0v) is 19.9. The number of Topliss-reactive ketones (excluding diaryl/α,β-unsaturated/α-hetero) is 1. The van der Waals surface area contributed by atoms with Gasteiger partial charge >= 0.3 is 0 Å². The number of hydrogen-bond donors (Lipinski definition) is 2. The molecule has 6 heteroatoms. The van der Waals surface area contributed by atoms with Crippen molar-refractivity contribution in [1.29, 1.82) is 0 Å². The van der Waals surface area contributed by atoms with E-state index in [1.165, 1.54) is 5.56 Å². The molecule has 1 aromatic carbocycles. The van der Waals surface area contributed by atoms with Gasteiger partial charge in [-0.3, -0.25) is 4.79 Å². The van der Waals surface area contributed by atoms with E-state index in [1.54, 1.807) is 11.8 Å². The van der Waals surface area contributed by atoms with Crippen molar-refractivity contribution in [1.82, 2.24) is 9.97 Å². The predicted molar refractivity (Wildman–Crippen MR) is 128 cm³/mol. The summed E-state index contributed by atoms with van der Waals surface area (Å²) in [6.07, 6.45) is 2.45. The molecule has 0 amide bonds. The number of nitrogens with one attached hydrogen (secondary N) is 1. The van der Waals surface area contributed by atoms with Gasteiger partial charge in [0.15, 0.2) is 10.9 Å². The Morgan fingerprint density at radius 1 is 1.19 bits per heavy atom. The molecular formula is C25H32N4OS. The van der Waals surface area contributed by atoms with Crippen molar-refractivity contribution in [3.63, 3.8) is 0 Å². The number of carbonyl (C=O) groups excluding carboxylic acids is 1. The van der Waals surface area contributed by atoms with Crippen molar-refractivity contribution in [2.75, 3.05) is 16.8 Å². The van der Waals surface area contributed by atoms with Crippen LogP contribution in [0.4, 0.5) is 11.6 Å². The molecule has 2 aliphatic rings. The molecule has 1 aromatic heterocycles. The van der Waals surface area contributed by atoms with E-state index in [1.807, 2.05) is 0 Å². The number of rotatable bonds is 5. The standard InChI is InChI=1S/C25H32N4OS/c1-14(2)10-11-31-24-28-22(26)21-19(16-8-6-15(3)7-9-16)20-17(27-23(21)29-24)12-25(4,5)13-18(20)30/h6-9,14,19H,10-13H2,1-5H3,(H3,26,27,28,29). The molecule has 3 N–H and O–H groups in total. The van der Waals surface area contributed by atoms with Gasteiger partial charge in [0.25, 0.3) is 0 Å². The van der Waals surface area contributed by atoms with Crippen LogP contribution in [-0.2, 0) is 4.79 Å². The third-order valence-electron chi connectivity index (χ3n) is 6.06. The Morgan fingerprint density at radius 3 is 2.58 bits per heavy atom. The summed E-state index contributed by atoms with van der Waals surface area (Å²) < 4.78 is 0. The van der Waals surface area contributed by atoms with Gasteiger partial charge in [0.2, 0.25) is 0 Å². The summed E-state index contributed by atoms with van der Waals surface area (Å²) in [7, 11) is 0. The molecule has 0 fully saturated rings. The van der Waals surface area contributed by atoms with Gasteiger partial charge in [-0.15, -0.1) is 0 Å². The van der Waals surface area contributed by atoms with Gasteiger partial charge < -0.3 is 11.1 Å². The van der Waals surface area contributed by atoms with Crippen molar-refractivity contribution in [2.45, 2.75) is 65.0 Å². The summed E-state index contributed by atoms with van der Waals surface area (Å²) >= 11 is 1.64. The summed E-state index contributed by atoms with van der Waals surface area (Å²) in [5.41, 5.74) is 11.3. The molecule has 2 heterocycles. The molecule has 0 saturated carbocycles. The second kappa shape index (κ2) is 8.30. The predicted octanol–water partition coefficient (Wildman–Crippen LogP) is 5.71. The van der Waals surface area contributed by atoms with Crippen molar-refractivity contribution in [3.05, 3.63) is 52.2 Å². The number of thioether (sulfide) groups is 1. The number of benzene rings is 1. The average molecular weight is 437 g/mol. The first kappa shape index (κ1) is 21.9. The summed E-state index contributed by atoms with van der Waals surface area (Å²) in [6, 6.07) is 8.36. The first-order chi connectivity index (χ1) is 14.6. The van der Waals surface area contributed by atoms with E-state index in [2.05, 4.69) is 69.2 Å². The maximum Gasteiger partial charge on any atom is 0.191 e. The fraction of sp³-hybridized carbons (Fsp3) is 0.480. The Hall–Kier alpha value is -2.34. The van der Waals surface area contributed by atoms with Crippen molar-refractivity contribution < 1.29 is 4.79 Å². The Balaban J connectivity index is 1.81. The van der Waals surface area contributed by atoms with Gasteiger partial charge in [0.05, 0.1) is 0 Å². The highest BCUT2D eigenvalue weighted by atomic mass is 32.2. The largest absolute Gasteiger partial charge is 0.383 e. The van der Waals surface area contributed by atoms with E-state index < -0.39 is 0 Å². The van der Waals surface area contributed by atoms with E-state index in [4.69, 9.17) is 10.7 Å². The normalized spacial score (nSPS) is 19.8. The lowest BCUT2D eigenvalue weighted by Gasteiger charge is -2.39. The zero-order chi connectivity index (χ0) is 22.3. The average Bonchev–Trinajstić information content (AvgIpc) is 2.65. The third kappa shape index (κ3) is 4.49. The van der Waals surface area contributed by atoms with Crippen molar-refractivity contribution >= 4 is 29.2 Å². The number of nitrogens with zero attached hydrogens (tertiary/aromatic N) is 2. The Labute approximate surface area is 189 Å². The molecule has 2 aromatic rings. The minimum atomic E-state index is -0.231. The Kier molecular flexibility index (Phi) is 5.86. The molecule has 0 spiro atoms. The molecule has 1 atom stereocenters. The number of aromatic nitrogens is 2. The van der Waals surface area contributed by atoms with Crippen LogP contribution in [0.15, 0.2) is 40.7 Å². The highest BCUT2D eigenvalue weighted by Crippen LogP contribution is 2.50. The van der Waals surface area contributed by atoms with Crippen LogP contribution in [0, 0.1) is 18.3 Å². The van der Waals surface area contributed by atoms with Gasteiger partial charge in [0.1, 0.15) is 11.6 Å². The van der Waals surface area contributed by atoms with Crippen LogP contribution in [0.25, 0.3) is 0 Å². The number of allylic oxidation sites excluding steroid dienone is 2. The SMILES string of the molecule is Cc1ccc(C2C3=C(CC(C)(C)CC3=O)Nc3nc(SCCC(C)C)nc(N)c32)cc1. The van der Waals surface area contributed by atoms with Crippen molar-refractivity contribution in [2.24, 2.45) is 11.3 Å². The lowest BCUT2D eigenvalue weighted by molar-refractivity contribution is -0.118. The zero-order valence-electron chi connectivity index (χ0n) is 19.1. The molecule has 0 radical (unpaired) electrons. The van der Waals surface area contributed by atoms with Crippen LogP contribution >= 0.6 is 11.8 Å². The summed E-state index contributed by atoms with van der Waals surface area (Å²) in [6.45, 7) is 10.8. The van der Waals surface area contributed by atoms with E-state index in [-0.39, 0.29) is 17.1 Å². The van der Waals surface area contributed by atoms with Crippen LogP contribution in [-0.4, -0.2) is 21.5 Å². The van der Waals surface area contributed by atoms with Crippen LogP contribution in [0.3, 0.4) is 0 Å². The molecule has 0 saturated heterocycles. The third-order valence-corrected chi connectivity index (χ3v) is 6.94. The number of aryl methyl sites for hydroxylation is 1. The van der Waals surface area contributed by atoms with E-state index in [9.17, 15) is 4.79 Å². The smallest absolute Gasteiger partial charge is 0.191 e. The van der Waals surface area contributed by atoms with Crippen LogP contribution in [0.1, 0.15) is 69.6 Å². The summed E-state index contributed by atoms with van der Waals surface area (Å²) in [5.74, 6) is 2.75. The highest BCUT2D eigenvalue weighted by molar-refractivity contribution is 7.99. The number of ketones is 1. The Bertz CT molecular complexity index is 1040. The number of hydrogen-bond acceptors (Lipinski definition) is 6. The minimum absolute atomic E-state index is 0.0777. The topological polar surface area (TPSA) is 80.9 Å². The first-order valence-corrected chi connectivity index (χ1v) is 12.0. The molecule has 164 valence electrons. The number of fused-ring (bicyclic) bond motifs is 1. The highest BCUT2D eigenvalue weighted by Gasteiger charge is 2.42. The van der Waals surface area contributed by atoms with E-state index in [0.29, 0.717) is 23.3 Å². The van der Waals surface area contributed by atoms with Gasteiger partial charge in [-0.2, -0.15) is 0 Å². The lowest BCUT2D eigenvalue weighted by Crippen LogP contribution is -2.34. The Morgan fingerprint density at radius 2 is 1.90 bits per heavy atom. The van der Waals surface area contributed by atoms with Crippen LogP contribution in [0.2, 0.25) is 0 Å². The summed E-state index contributed by atoms with van der Waals surface area (Å²) in [4.78, 5) is 22.8. The van der Waals surface area contributed by atoms with E-state index >= 15 is 0 Å². The van der Waals surface area contributed by atoms with Gasteiger partial charge in [-0.1, -0.05) is 69.3 Å². The van der Waals surface area contributed by atoms with Gasteiger partial charge in [0, 0.05) is 34.9 Å². The maximum absolute atomic E-state index is 13.3. The fourth-order valence-corrected chi connectivity index (χ4v) is 5.55. The molecule has 1 aliphatic carbocycles. The molecule has 1 unspecified atom stereocenters. The molecule has 1 aliphatic heterocycles. The monoisotopic (exact) mass is 436 g/mol.